The number of pyridine rings is 1. The molecular weight excluding hydrogens is 356 g/mol. The largest absolute Gasteiger partial charge is 0.336 e. The van der Waals surface area contributed by atoms with E-state index in [9.17, 15) is 4.79 Å². The number of para-hydroxylation sites is 1. The molecule has 4 heteroatoms. The molecule has 0 N–H and O–H groups in total. The molecule has 3 aromatic rings. The van der Waals surface area contributed by atoms with Crippen molar-refractivity contribution in [2.45, 2.75) is 39.2 Å². The number of carbonyl (C=O) groups is 1. The third kappa shape index (κ3) is 3.32. The molecule has 1 atom stereocenters. The minimum absolute atomic E-state index is 0.119. The van der Waals surface area contributed by atoms with E-state index in [0.29, 0.717) is 5.02 Å². The molecule has 138 valence electrons. The molecule has 0 bridgehead atoms. The Morgan fingerprint density at radius 2 is 1.85 bits per heavy atom. The van der Waals surface area contributed by atoms with E-state index in [1.165, 1.54) is 6.42 Å². The number of hydrogen-bond donors (Lipinski definition) is 0. The number of amides is 1. The van der Waals surface area contributed by atoms with Crippen LogP contribution in [0.25, 0.3) is 22.2 Å². The normalized spacial score (nSPS) is 17.3. The van der Waals surface area contributed by atoms with Crippen LogP contribution in [-0.2, 0) is 0 Å². The van der Waals surface area contributed by atoms with Gasteiger partial charge >= 0.3 is 0 Å². The smallest absolute Gasteiger partial charge is 0.255 e. The van der Waals surface area contributed by atoms with Crippen LogP contribution >= 0.6 is 11.6 Å². The summed E-state index contributed by atoms with van der Waals surface area (Å²) in [5.41, 5.74) is 4.38. The first kappa shape index (κ1) is 18.0. The Bertz CT molecular complexity index is 997. The zero-order valence-electron chi connectivity index (χ0n) is 15.7. The topological polar surface area (TPSA) is 33.2 Å². The highest BCUT2D eigenvalue weighted by atomic mass is 35.5. The fourth-order valence-corrected chi connectivity index (χ4v) is 4.14. The third-order valence-corrected chi connectivity index (χ3v) is 5.78. The molecule has 1 amide bonds. The van der Waals surface area contributed by atoms with Gasteiger partial charge in [-0.1, -0.05) is 41.9 Å². The summed E-state index contributed by atoms with van der Waals surface area (Å²) in [5.74, 6) is 0.119. The van der Waals surface area contributed by atoms with E-state index in [0.717, 1.165) is 52.7 Å². The molecule has 1 fully saturated rings. The number of carbonyl (C=O) groups excluding carboxylic acids is 1. The van der Waals surface area contributed by atoms with Gasteiger partial charge in [0.2, 0.25) is 0 Å². The second-order valence-electron chi connectivity index (χ2n) is 7.33. The summed E-state index contributed by atoms with van der Waals surface area (Å²) in [6.45, 7) is 4.98. The average molecular weight is 379 g/mol. The molecule has 3 nitrogen and oxygen atoms in total. The average Bonchev–Trinajstić information content (AvgIpc) is 2.68. The van der Waals surface area contributed by atoms with Crippen LogP contribution in [0.3, 0.4) is 0 Å². The van der Waals surface area contributed by atoms with Gasteiger partial charge in [0, 0.05) is 28.6 Å². The Kier molecular flexibility index (Phi) is 4.88. The van der Waals surface area contributed by atoms with E-state index in [2.05, 4.69) is 6.92 Å². The predicted molar refractivity (Wildman–Crippen MR) is 111 cm³/mol. The number of hydrogen-bond acceptors (Lipinski definition) is 2. The van der Waals surface area contributed by atoms with Crippen LogP contribution < -0.4 is 0 Å². The highest BCUT2D eigenvalue weighted by Crippen LogP contribution is 2.32. The lowest BCUT2D eigenvalue weighted by atomic mass is 9.95. The van der Waals surface area contributed by atoms with Gasteiger partial charge < -0.3 is 4.90 Å². The van der Waals surface area contributed by atoms with E-state index in [1.54, 1.807) is 0 Å². The van der Waals surface area contributed by atoms with Crippen LogP contribution in [0.4, 0.5) is 0 Å². The third-order valence-electron chi connectivity index (χ3n) is 5.53. The molecule has 1 saturated heterocycles. The lowest BCUT2D eigenvalue weighted by Crippen LogP contribution is -2.42. The first-order valence-electron chi connectivity index (χ1n) is 9.52. The van der Waals surface area contributed by atoms with E-state index in [1.807, 2.05) is 60.4 Å². The lowest BCUT2D eigenvalue weighted by Gasteiger charge is -2.34. The second kappa shape index (κ2) is 7.32. The zero-order valence-corrected chi connectivity index (χ0v) is 16.5. The molecular formula is C23H23ClN2O. The molecule has 27 heavy (non-hydrogen) atoms. The molecule has 2 heterocycles. The Hall–Kier alpha value is -2.39. The molecule has 1 aromatic heterocycles. The summed E-state index contributed by atoms with van der Waals surface area (Å²) < 4.78 is 0. The molecule has 0 spiro atoms. The monoisotopic (exact) mass is 378 g/mol. The van der Waals surface area contributed by atoms with E-state index >= 15 is 0 Å². The minimum atomic E-state index is 0.119. The van der Waals surface area contributed by atoms with Crippen LogP contribution in [0.15, 0.2) is 48.5 Å². The second-order valence-corrected chi connectivity index (χ2v) is 7.76. The molecule has 1 unspecified atom stereocenters. The van der Waals surface area contributed by atoms with Crippen molar-refractivity contribution >= 4 is 28.4 Å². The van der Waals surface area contributed by atoms with Crippen molar-refractivity contribution in [1.82, 2.24) is 9.88 Å². The summed E-state index contributed by atoms with van der Waals surface area (Å²) in [6.07, 6.45) is 3.33. The van der Waals surface area contributed by atoms with Gasteiger partial charge in [0.05, 0.1) is 16.8 Å². The highest BCUT2D eigenvalue weighted by molar-refractivity contribution is 6.30. The highest BCUT2D eigenvalue weighted by Gasteiger charge is 2.28. The number of piperidine rings is 1. The van der Waals surface area contributed by atoms with Gasteiger partial charge in [-0.3, -0.25) is 4.79 Å². The number of benzene rings is 2. The maximum Gasteiger partial charge on any atom is 0.255 e. The number of nitrogens with zero attached hydrogens (tertiary/aromatic N) is 2. The van der Waals surface area contributed by atoms with Crippen molar-refractivity contribution in [2.75, 3.05) is 6.54 Å². The van der Waals surface area contributed by atoms with Crippen LogP contribution in [0, 0.1) is 6.92 Å². The minimum Gasteiger partial charge on any atom is -0.336 e. The maximum atomic E-state index is 13.6. The number of fused-ring (bicyclic) bond motifs is 1. The fraction of sp³-hybridized carbons (Fsp3) is 0.304. The summed E-state index contributed by atoms with van der Waals surface area (Å²) in [6, 6.07) is 15.8. The quantitative estimate of drug-likeness (QED) is 0.558. The lowest BCUT2D eigenvalue weighted by molar-refractivity contribution is 0.0637. The van der Waals surface area contributed by atoms with Gasteiger partial charge in [-0.15, -0.1) is 0 Å². The molecule has 1 aliphatic heterocycles. The Morgan fingerprint density at radius 1 is 1.11 bits per heavy atom. The molecule has 1 aliphatic rings. The predicted octanol–water partition coefficient (Wildman–Crippen LogP) is 5.88. The number of likely N-dealkylation sites (tertiary alicyclic amines) is 1. The summed E-state index contributed by atoms with van der Waals surface area (Å²) in [4.78, 5) is 20.5. The van der Waals surface area contributed by atoms with E-state index in [4.69, 9.17) is 16.6 Å². The standard InChI is InChI=1S/C23H23ClN2O/c1-15-7-5-6-14-26(15)23(27)21-16(2)22(17-10-12-18(24)13-11-17)25-20-9-4-3-8-19(20)21/h3-4,8-13,15H,5-7,14H2,1-2H3. The Labute approximate surface area is 165 Å². The molecule has 0 saturated carbocycles. The van der Waals surface area contributed by atoms with Gasteiger partial charge in [-0.2, -0.15) is 0 Å². The zero-order chi connectivity index (χ0) is 19.0. The van der Waals surface area contributed by atoms with Crippen LogP contribution in [0.5, 0.6) is 0 Å². The van der Waals surface area contributed by atoms with Crippen molar-refractivity contribution < 1.29 is 4.79 Å². The van der Waals surface area contributed by atoms with Gasteiger partial charge in [-0.25, -0.2) is 4.98 Å². The van der Waals surface area contributed by atoms with Gasteiger partial charge in [-0.05, 0) is 56.9 Å². The van der Waals surface area contributed by atoms with Crippen LogP contribution in [-0.4, -0.2) is 28.4 Å². The Morgan fingerprint density at radius 3 is 2.59 bits per heavy atom. The van der Waals surface area contributed by atoms with E-state index in [-0.39, 0.29) is 11.9 Å². The van der Waals surface area contributed by atoms with Crippen molar-refractivity contribution in [3.05, 3.63) is 64.7 Å². The van der Waals surface area contributed by atoms with Crippen LogP contribution in [0.1, 0.15) is 42.1 Å². The van der Waals surface area contributed by atoms with Gasteiger partial charge in [0.1, 0.15) is 0 Å². The Balaban J connectivity index is 1.91. The summed E-state index contributed by atoms with van der Waals surface area (Å²) in [7, 11) is 0. The molecule has 2 aromatic carbocycles. The SMILES string of the molecule is Cc1c(-c2ccc(Cl)cc2)nc2ccccc2c1C(=O)N1CCCCC1C. The van der Waals surface area contributed by atoms with E-state index < -0.39 is 0 Å². The summed E-state index contributed by atoms with van der Waals surface area (Å²) >= 11 is 6.05. The first-order chi connectivity index (χ1) is 13.1. The van der Waals surface area contributed by atoms with Crippen molar-refractivity contribution in [2.24, 2.45) is 0 Å². The van der Waals surface area contributed by atoms with Crippen molar-refractivity contribution in [3.63, 3.8) is 0 Å². The number of rotatable bonds is 2. The fourth-order valence-electron chi connectivity index (χ4n) is 4.02. The first-order valence-corrected chi connectivity index (χ1v) is 9.90. The van der Waals surface area contributed by atoms with Gasteiger partial charge in [0.25, 0.3) is 5.91 Å². The number of aromatic nitrogens is 1. The van der Waals surface area contributed by atoms with Crippen molar-refractivity contribution in [3.8, 4) is 11.3 Å². The van der Waals surface area contributed by atoms with Crippen LogP contribution in [0.2, 0.25) is 5.02 Å². The number of halogens is 1. The summed E-state index contributed by atoms with van der Waals surface area (Å²) in [5, 5.41) is 1.62. The molecule has 4 rings (SSSR count). The van der Waals surface area contributed by atoms with Crippen molar-refractivity contribution in [1.29, 1.82) is 0 Å². The molecule has 0 aliphatic carbocycles. The molecule has 0 radical (unpaired) electrons. The maximum absolute atomic E-state index is 13.6. The van der Waals surface area contributed by atoms with Gasteiger partial charge in [0.15, 0.2) is 0 Å².